The molecule has 0 unspecified atom stereocenters. The Morgan fingerprint density at radius 2 is 2.45 bits per heavy atom. The third-order valence-corrected chi connectivity index (χ3v) is 1.69. The van der Waals surface area contributed by atoms with E-state index in [0.717, 1.165) is 5.75 Å². The normalized spacial score (nSPS) is 10.7. The van der Waals surface area contributed by atoms with Gasteiger partial charge in [0.05, 0.1) is 0 Å². The Bertz CT molecular complexity index is 255. The van der Waals surface area contributed by atoms with Gasteiger partial charge in [0.15, 0.2) is 0 Å². The van der Waals surface area contributed by atoms with Gasteiger partial charge in [0, 0.05) is 18.1 Å². The van der Waals surface area contributed by atoms with E-state index >= 15 is 0 Å². The van der Waals surface area contributed by atoms with Crippen LogP contribution >= 0.6 is 12.6 Å². The predicted octanol–water partition coefficient (Wildman–Crippen LogP) is 2.33. The molecule has 58 valence electrons. The molecule has 1 aromatic rings. The summed E-state index contributed by atoms with van der Waals surface area (Å²) in [5.74, 6) is 0.772. The van der Waals surface area contributed by atoms with Crippen molar-refractivity contribution in [2.45, 2.75) is 6.92 Å². The van der Waals surface area contributed by atoms with Gasteiger partial charge in [-0.1, -0.05) is 12.2 Å². The molecule has 0 bridgehead atoms. The maximum absolute atomic E-state index is 4.08. The van der Waals surface area contributed by atoms with Crippen LogP contribution in [0.1, 0.15) is 11.1 Å². The molecular formula is C9H11NS. The van der Waals surface area contributed by atoms with Crippen LogP contribution in [0.3, 0.4) is 0 Å². The first-order chi connectivity index (χ1) is 5.34. The van der Waals surface area contributed by atoms with E-state index in [-0.39, 0.29) is 0 Å². The van der Waals surface area contributed by atoms with Gasteiger partial charge >= 0.3 is 0 Å². The Hall–Kier alpha value is -0.760. The molecule has 0 aliphatic heterocycles. The molecule has 0 aliphatic carbocycles. The highest BCUT2D eigenvalue weighted by molar-refractivity contribution is 7.80. The second-order valence-corrected chi connectivity index (χ2v) is 2.68. The molecule has 0 aliphatic rings. The van der Waals surface area contributed by atoms with Crippen LogP contribution < -0.4 is 0 Å². The summed E-state index contributed by atoms with van der Waals surface area (Å²) in [5.41, 5.74) is 2.42. The van der Waals surface area contributed by atoms with E-state index in [2.05, 4.69) is 24.5 Å². The maximum Gasteiger partial charge on any atom is 0.0342 e. The van der Waals surface area contributed by atoms with E-state index < -0.39 is 0 Å². The standard InChI is InChI=1S/C9H11NS/c1-8-4-5-10-7-9(8)3-2-6-11/h2-5,7,11H,6H2,1H3. The lowest BCUT2D eigenvalue weighted by atomic mass is 10.1. The third kappa shape index (κ3) is 2.39. The molecule has 0 radical (unpaired) electrons. The van der Waals surface area contributed by atoms with Gasteiger partial charge in [0.25, 0.3) is 0 Å². The number of thiol groups is 1. The van der Waals surface area contributed by atoms with Crippen molar-refractivity contribution in [3.05, 3.63) is 35.7 Å². The summed E-state index contributed by atoms with van der Waals surface area (Å²) < 4.78 is 0. The molecule has 1 aromatic heterocycles. The maximum atomic E-state index is 4.08. The molecular weight excluding hydrogens is 154 g/mol. The van der Waals surface area contributed by atoms with Crippen LogP contribution in [0, 0.1) is 6.92 Å². The van der Waals surface area contributed by atoms with Crippen molar-refractivity contribution in [1.29, 1.82) is 0 Å². The van der Waals surface area contributed by atoms with Crippen LogP contribution in [0.15, 0.2) is 24.5 Å². The largest absolute Gasteiger partial charge is 0.264 e. The van der Waals surface area contributed by atoms with E-state index in [1.54, 1.807) is 6.20 Å². The minimum atomic E-state index is 0.772. The average molecular weight is 165 g/mol. The number of nitrogens with zero attached hydrogens (tertiary/aromatic N) is 1. The quantitative estimate of drug-likeness (QED) is 0.664. The fourth-order valence-electron chi connectivity index (χ4n) is 0.830. The Labute approximate surface area is 72.6 Å². The first-order valence-electron chi connectivity index (χ1n) is 3.52. The molecule has 0 atom stereocenters. The summed E-state index contributed by atoms with van der Waals surface area (Å²) in [6.07, 6.45) is 7.70. The molecule has 0 saturated carbocycles. The van der Waals surface area contributed by atoms with Gasteiger partial charge in [-0.25, -0.2) is 0 Å². The second kappa shape index (κ2) is 4.19. The SMILES string of the molecule is Cc1ccncc1C=CCS. The van der Waals surface area contributed by atoms with Crippen molar-refractivity contribution in [3.63, 3.8) is 0 Å². The van der Waals surface area contributed by atoms with Crippen LogP contribution in [-0.2, 0) is 0 Å². The van der Waals surface area contributed by atoms with Crippen LogP contribution in [0.2, 0.25) is 0 Å². The Balaban J connectivity index is 2.86. The van der Waals surface area contributed by atoms with Gasteiger partial charge in [-0.2, -0.15) is 12.6 Å². The number of hydrogen-bond acceptors (Lipinski definition) is 2. The lowest BCUT2D eigenvalue weighted by Gasteiger charge is -1.96. The zero-order valence-electron chi connectivity index (χ0n) is 6.49. The predicted molar refractivity (Wildman–Crippen MR) is 51.9 cm³/mol. The highest BCUT2D eigenvalue weighted by Crippen LogP contribution is 2.06. The van der Waals surface area contributed by atoms with Crippen molar-refractivity contribution in [1.82, 2.24) is 4.98 Å². The minimum Gasteiger partial charge on any atom is -0.264 e. The summed E-state index contributed by atoms with van der Waals surface area (Å²) in [7, 11) is 0. The van der Waals surface area contributed by atoms with Crippen molar-refractivity contribution in [2.75, 3.05) is 5.75 Å². The zero-order valence-corrected chi connectivity index (χ0v) is 7.38. The molecule has 11 heavy (non-hydrogen) atoms. The molecule has 0 spiro atoms. The molecule has 2 heteroatoms. The first-order valence-corrected chi connectivity index (χ1v) is 4.16. The van der Waals surface area contributed by atoms with E-state index in [1.807, 2.05) is 24.4 Å². The number of aromatic nitrogens is 1. The summed E-state index contributed by atoms with van der Waals surface area (Å²) in [6, 6.07) is 2.00. The van der Waals surface area contributed by atoms with E-state index in [4.69, 9.17) is 0 Å². The van der Waals surface area contributed by atoms with Crippen LogP contribution in [-0.4, -0.2) is 10.7 Å². The second-order valence-electron chi connectivity index (χ2n) is 2.32. The average Bonchev–Trinajstić information content (AvgIpc) is 2.03. The van der Waals surface area contributed by atoms with Gasteiger partial charge in [0.1, 0.15) is 0 Å². The Morgan fingerprint density at radius 3 is 3.09 bits per heavy atom. The van der Waals surface area contributed by atoms with Crippen molar-refractivity contribution < 1.29 is 0 Å². The number of aryl methyl sites for hydroxylation is 1. The molecule has 1 rings (SSSR count). The van der Waals surface area contributed by atoms with E-state index in [9.17, 15) is 0 Å². The Kier molecular flexibility index (Phi) is 3.17. The summed E-state index contributed by atoms with van der Waals surface area (Å²) in [5, 5.41) is 0. The van der Waals surface area contributed by atoms with Gasteiger partial charge in [-0.15, -0.1) is 0 Å². The van der Waals surface area contributed by atoms with Crippen LogP contribution in [0.25, 0.3) is 6.08 Å². The minimum absolute atomic E-state index is 0.772. The number of pyridine rings is 1. The summed E-state index contributed by atoms with van der Waals surface area (Å²) in [4.78, 5) is 4.02. The monoisotopic (exact) mass is 165 g/mol. The highest BCUT2D eigenvalue weighted by atomic mass is 32.1. The molecule has 0 N–H and O–H groups in total. The van der Waals surface area contributed by atoms with Crippen molar-refractivity contribution in [2.24, 2.45) is 0 Å². The van der Waals surface area contributed by atoms with E-state index in [0.29, 0.717) is 0 Å². The van der Waals surface area contributed by atoms with Crippen molar-refractivity contribution >= 4 is 18.7 Å². The molecule has 1 heterocycles. The topological polar surface area (TPSA) is 12.9 Å². The summed E-state index contributed by atoms with van der Waals surface area (Å²) >= 11 is 4.08. The highest BCUT2D eigenvalue weighted by Gasteiger charge is 1.89. The first kappa shape index (κ1) is 8.34. The fraction of sp³-hybridized carbons (Fsp3) is 0.222. The number of hydrogen-bond donors (Lipinski definition) is 1. The van der Waals surface area contributed by atoms with Gasteiger partial charge in [-0.3, -0.25) is 4.98 Å². The van der Waals surface area contributed by atoms with Crippen LogP contribution in [0.4, 0.5) is 0 Å². The molecule has 0 fully saturated rings. The lowest BCUT2D eigenvalue weighted by Crippen LogP contribution is -1.81. The number of rotatable bonds is 2. The van der Waals surface area contributed by atoms with Gasteiger partial charge in [0.2, 0.25) is 0 Å². The Morgan fingerprint density at radius 1 is 1.64 bits per heavy atom. The lowest BCUT2D eigenvalue weighted by molar-refractivity contribution is 1.27. The molecule has 1 nitrogen and oxygen atoms in total. The fourth-order valence-corrected chi connectivity index (χ4v) is 0.936. The molecule has 0 aromatic carbocycles. The third-order valence-electron chi connectivity index (χ3n) is 1.48. The van der Waals surface area contributed by atoms with Gasteiger partial charge < -0.3 is 0 Å². The zero-order chi connectivity index (χ0) is 8.10. The van der Waals surface area contributed by atoms with Crippen LogP contribution in [0.5, 0.6) is 0 Å². The van der Waals surface area contributed by atoms with Crippen molar-refractivity contribution in [3.8, 4) is 0 Å². The van der Waals surface area contributed by atoms with E-state index in [1.165, 1.54) is 11.1 Å². The van der Waals surface area contributed by atoms with Gasteiger partial charge in [-0.05, 0) is 24.1 Å². The molecule has 0 saturated heterocycles. The smallest absolute Gasteiger partial charge is 0.0342 e. The molecule has 0 amide bonds. The summed E-state index contributed by atoms with van der Waals surface area (Å²) in [6.45, 7) is 2.07.